The Morgan fingerprint density at radius 3 is 2.81 bits per heavy atom. The fourth-order valence-corrected chi connectivity index (χ4v) is 1.81. The third-order valence-corrected chi connectivity index (χ3v) is 2.88. The van der Waals surface area contributed by atoms with Crippen molar-refractivity contribution < 1.29 is 18.0 Å². The molecule has 0 radical (unpaired) electrons. The molecule has 0 saturated carbocycles. The molecule has 0 aliphatic carbocycles. The van der Waals surface area contributed by atoms with Gasteiger partial charge in [-0.1, -0.05) is 12.1 Å². The molecule has 21 heavy (non-hydrogen) atoms. The van der Waals surface area contributed by atoms with Crippen molar-refractivity contribution in [3.05, 3.63) is 47.8 Å². The molecule has 2 aromatic rings. The number of carbonyl (C=O) groups is 1. The van der Waals surface area contributed by atoms with Gasteiger partial charge >= 0.3 is 6.18 Å². The van der Waals surface area contributed by atoms with Gasteiger partial charge in [0.1, 0.15) is 5.88 Å². The zero-order valence-corrected chi connectivity index (χ0v) is 11.4. The SMILES string of the molecule is O=C(CCl)Nc1cnn(Cc2cccc(C(F)(F)F)c2)c1. The molecule has 4 nitrogen and oxygen atoms in total. The van der Waals surface area contributed by atoms with Gasteiger partial charge in [-0.3, -0.25) is 9.48 Å². The third kappa shape index (κ3) is 4.22. The number of hydrogen-bond donors (Lipinski definition) is 1. The van der Waals surface area contributed by atoms with Gasteiger partial charge in [-0.15, -0.1) is 11.6 Å². The number of nitrogens with one attached hydrogen (secondary N) is 1. The second-order valence-electron chi connectivity index (χ2n) is 4.31. The van der Waals surface area contributed by atoms with Crippen LogP contribution < -0.4 is 5.32 Å². The number of anilines is 1. The first-order valence-corrected chi connectivity index (χ1v) is 6.46. The summed E-state index contributed by atoms with van der Waals surface area (Å²) < 4.78 is 39.3. The molecular formula is C13H11ClF3N3O. The monoisotopic (exact) mass is 317 g/mol. The molecule has 0 aliphatic heterocycles. The maximum Gasteiger partial charge on any atom is 0.416 e. The highest BCUT2D eigenvalue weighted by Gasteiger charge is 2.30. The van der Waals surface area contributed by atoms with Crippen LogP contribution in [0.3, 0.4) is 0 Å². The predicted molar refractivity (Wildman–Crippen MR) is 72.1 cm³/mol. The summed E-state index contributed by atoms with van der Waals surface area (Å²) in [5.74, 6) is -0.561. The topological polar surface area (TPSA) is 46.9 Å². The van der Waals surface area contributed by atoms with E-state index in [1.807, 2.05) is 0 Å². The first kappa shape index (κ1) is 15.4. The van der Waals surface area contributed by atoms with E-state index in [0.717, 1.165) is 12.1 Å². The lowest BCUT2D eigenvalue weighted by Crippen LogP contribution is -2.11. The van der Waals surface area contributed by atoms with E-state index < -0.39 is 11.7 Å². The van der Waals surface area contributed by atoms with Crippen LogP contribution >= 0.6 is 11.6 Å². The van der Waals surface area contributed by atoms with Gasteiger partial charge < -0.3 is 5.32 Å². The zero-order chi connectivity index (χ0) is 15.5. The van der Waals surface area contributed by atoms with Gasteiger partial charge in [0.15, 0.2) is 0 Å². The summed E-state index contributed by atoms with van der Waals surface area (Å²) in [6.45, 7) is 0.167. The number of amides is 1. The highest BCUT2D eigenvalue weighted by Crippen LogP contribution is 2.29. The lowest BCUT2D eigenvalue weighted by atomic mass is 10.1. The fraction of sp³-hybridized carbons (Fsp3) is 0.231. The van der Waals surface area contributed by atoms with Crippen molar-refractivity contribution in [2.75, 3.05) is 11.2 Å². The van der Waals surface area contributed by atoms with E-state index in [9.17, 15) is 18.0 Å². The molecule has 1 aromatic heterocycles. The number of halogens is 4. The summed E-state index contributed by atoms with van der Waals surface area (Å²) in [5.41, 5.74) is 0.193. The van der Waals surface area contributed by atoms with Crippen LogP contribution in [0, 0.1) is 0 Å². The lowest BCUT2D eigenvalue weighted by Gasteiger charge is -2.08. The number of carbonyl (C=O) groups excluding carboxylic acids is 1. The first-order valence-electron chi connectivity index (χ1n) is 5.93. The molecular weight excluding hydrogens is 307 g/mol. The Balaban J connectivity index is 2.10. The molecule has 0 unspecified atom stereocenters. The van der Waals surface area contributed by atoms with Crippen molar-refractivity contribution in [1.82, 2.24) is 9.78 Å². The molecule has 1 amide bonds. The Kier molecular flexibility index (Phi) is 4.52. The van der Waals surface area contributed by atoms with Crippen molar-refractivity contribution in [1.29, 1.82) is 0 Å². The average molecular weight is 318 g/mol. The molecule has 0 aliphatic rings. The van der Waals surface area contributed by atoms with Gasteiger partial charge in [-0.2, -0.15) is 18.3 Å². The van der Waals surface area contributed by atoms with Crippen molar-refractivity contribution in [3.8, 4) is 0 Å². The standard InChI is InChI=1S/C13H11ClF3N3O/c14-5-12(21)19-11-6-18-20(8-11)7-9-2-1-3-10(4-9)13(15,16)17/h1-4,6,8H,5,7H2,(H,19,21). The summed E-state index contributed by atoms with van der Waals surface area (Å²) in [7, 11) is 0. The predicted octanol–water partition coefficient (Wildman–Crippen LogP) is 3.13. The van der Waals surface area contributed by atoms with Crippen LogP contribution in [0.2, 0.25) is 0 Å². The molecule has 1 aromatic carbocycles. The maximum atomic E-state index is 12.6. The lowest BCUT2D eigenvalue weighted by molar-refractivity contribution is -0.137. The van der Waals surface area contributed by atoms with E-state index in [1.165, 1.54) is 23.1 Å². The molecule has 1 N–H and O–H groups in total. The Hall–Kier alpha value is -2.02. The smallest absolute Gasteiger partial charge is 0.322 e. The maximum absolute atomic E-state index is 12.6. The van der Waals surface area contributed by atoms with Gasteiger partial charge in [0, 0.05) is 6.20 Å². The average Bonchev–Trinajstić information content (AvgIpc) is 2.85. The van der Waals surface area contributed by atoms with Crippen molar-refractivity contribution in [3.63, 3.8) is 0 Å². The summed E-state index contributed by atoms with van der Waals surface area (Å²) in [5, 5.41) is 6.47. The van der Waals surface area contributed by atoms with Gasteiger partial charge in [-0.05, 0) is 17.7 Å². The normalized spacial score (nSPS) is 11.4. The van der Waals surface area contributed by atoms with Gasteiger partial charge in [0.25, 0.3) is 0 Å². The van der Waals surface area contributed by atoms with E-state index in [-0.39, 0.29) is 18.3 Å². The number of benzene rings is 1. The van der Waals surface area contributed by atoms with Crippen molar-refractivity contribution >= 4 is 23.2 Å². The van der Waals surface area contributed by atoms with Crippen LogP contribution in [0.5, 0.6) is 0 Å². The number of hydrogen-bond acceptors (Lipinski definition) is 2. The van der Waals surface area contributed by atoms with E-state index in [0.29, 0.717) is 11.3 Å². The van der Waals surface area contributed by atoms with E-state index in [2.05, 4.69) is 10.4 Å². The van der Waals surface area contributed by atoms with Gasteiger partial charge in [0.2, 0.25) is 5.91 Å². The number of alkyl halides is 4. The molecule has 0 spiro atoms. The molecule has 0 bridgehead atoms. The molecule has 1 heterocycles. The minimum Gasteiger partial charge on any atom is -0.322 e. The summed E-state index contributed by atoms with van der Waals surface area (Å²) in [4.78, 5) is 11.1. The molecule has 8 heteroatoms. The summed E-state index contributed by atoms with van der Waals surface area (Å²) >= 11 is 5.35. The zero-order valence-electron chi connectivity index (χ0n) is 10.7. The minimum absolute atomic E-state index is 0.167. The molecule has 0 atom stereocenters. The molecule has 0 fully saturated rings. The van der Waals surface area contributed by atoms with Crippen LogP contribution in [-0.4, -0.2) is 21.6 Å². The first-order chi connectivity index (χ1) is 9.88. The Bertz CT molecular complexity index is 640. The highest BCUT2D eigenvalue weighted by atomic mass is 35.5. The largest absolute Gasteiger partial charge is 0.416 e. The van der Waals surface area contributed by atoms with Crippen LogP contribution in [0.15, 0.2) is 36.7 Å². The molecule has 2 rings (SSSR count). The highest BCUT2D eigenvalue weighted by molar-refractivity contribution is 6.29. The fourth-order valence-electron chi connectivity index (χ4n) is 1.74. The Labute approximate surface area is 123 Å². The van der Waals surface area contributed by atoms with E-state index >= 15 is 0 Å². The van der Waals surface area contributed by atoms with Crippen LogP contribution in [0.1, 0.15) is 11.1 Å². The number of aromatic nitrogens is 2. The summed E-state index contributed by atoms with van der Waals surface area (Å²) in [6, 6.07) is 5.00. The third-order valence-electron chi connectivity index (χ3n) is 2.64. The van der Waals surface area contributed by atoms with Gasteiger partial charge in [0.05, 0.1) is 24.0 Å². The van der Waals surface area contributed by atoms with E-state index in [4.69, 9.17) is 11.6 Å². The van der Waals surface area contributed by atoms with Crippen LogP contribution in [0.4, 0.5) is 18.9 Å². The Morgan fingerprint density at radius 1 is 1.38 bits per heavy atom. The summed E-state index contributed by atoms with van der Waals surface area (Å²) in [6.07, 6.45) is -1.46. The van der Waals surface area contributed by atoms with Crippen molar-refractivity contribution in [2.45, 2.75) is 12.7 Å². The quantitative estimate of drug-likeness (QED) is 0.881. The molecule has 112 valence electrons. The second kappa shape index (κ2) is 6.17. The second-order valence-corrected chi connectivity index (χ2v) is 4.57. The van der Waals surface area contributed by atoms with Crippen molar-refractivity contribution in [2.24, 2.45) is 0 Å². The minimum atomic E-state index is -4.38. The van der Waals surface area contributed by atoms with Crippen LogP contribution in [-0.2, 0) is 17.5 Å². The number of nitrogens with zero attached hydrogens (tertiary/aromatic N) is 2. The van der Waals surface area contributed by atoms with Crippen LogP contribution in [0.25, 0.3) is 0 Å². The molecule has 0 saturated heterocycles. The van der Waals surface area contributed by atoms with E-state index in [1.54, 1.807) is 6.07 Å². The number of rotatable bonds is 4. The van der Waals surface area contributed by atoms with Gasteiger partial charge in [-0.25, -0.2) is 0 Å². The Morgan fingerprint density at radius 2 is 2.14 bits per heavy atom.